The van der Waals surface area contributed by atoms with E-state index in [1.165, 1.54) is 11.1 Å². The van der Waals surface area contributed by atoms with Gasteiger partial charge in [0.2, 0.25) is 0 Å². The lowest BCUT2D eigenvalue weighted by Gasteiger charge is -2.32. The zero-order chi connectivity index (χ0) is 14.4. The van der Waals surface area contributed by atoms with Crippen molar-refractivity contribution in [3.63, 3.8) is 0 Å². The van der Waals surface area contributed by atoms with E-state index >= 15 is 0 Å². The Labute approximate surface area is 124 Å². The van der Waals surface area contributed by atoms with Crippen molar-refractivity contribution in [2.24, 2.45) is 0 Å². The lowest BCUT2D eigenvalue weighted by Crippen LogP contribution is -2.40. The lowest BCUT2D eigenvalue weighted by molar-refractivity contribution is -0.0339. The highest BCUT2D eigenvalue weighted by Crippen LogP contribution is 2.22. The Hall–Kier alpha value is -1.10. The summed E-state index contributed by atoms with van der Waals surface area (Å²) in [4.78, 5) is 12.8. The van der Waals surface area contributed by atoms with E-state index in [4.69, 9.17) is 21.1 Å². The fourth-order valence-electron chi connectivity index (χ4n) is 2.33. The van der Waals surface area contributed by atoms with Gasteiger partial charge in [0, 0.05) is 31.2 Å². The number of carbonyl (C=O) groups excluding carboxylic acids is 1. The first-order valence-corrected chi connectivity index (χ1v) is 7.32. The average molecular weight is 298 g/mol. The van der Waals surface area contributed by atoms with Gasteiger partial charge in [0.1, 0.15) is 6.61 Å². The number of ether oxygens (including phenoxy) is 2. The van der Waals surface area contributed by atoms with Crippen LogP contribution in [0.2, 0.25) is 0 Å². The van der Waals surface area contributed by atoms with Crippen LogP contribution < -0.4 is 0 Å². The van der Waals surface area contributed by atoms with Gasteiger partial charge in [0.05, 0.1) is 12.7 Å². The number of morpholine rings is 1. The molecule has 20 heavy (non-hydrogen) atoms. The fourth-order valence-corrected chi connectivity index (χ4v) is 2.41. The van der Waals surface area contributed by atoms with E-state index in [1.807, 2.05) is 0 Å². The van der Waals surface area contributed by atoms with Gasteiger partial charge in [-0.25, -0.2) is 4.79 Å². The van der Waals surface area contributed by atoms with Crippen LogP contribution in [0.15, 0.2) is 24.3 Å². The fraction of sp³-hybridized carbons (Fsp3) is 0.533. The Morgan fingerprint density at radius 3 is 2.85 bits per heavy atom. The van der Waals surface area contributed by atoms with E-state index in [9.17, 15) is 4.79 Å². The highest BCUT2D eigenvalue weighted by Gasteiger charge is 2.21. The van der Waals surface area contributed by atoms with E-state index < -0.39 is 5.43 Å². The van der Waals surface area contributed by atoms with Crippen molar-refractivity contribution in [1.29, 1.82) is 0 Å². The van der Waals surface area contributed by atoms with Crippen molar-refractivity contribution in [2.45, 2.75) is 19.4 Å². The van der Waals surface area contributed by atoms with E-state index in [2.05, 4.69) is 36.1 Å². The summed E-state index contributed by atoms with van der Waals surface area (Å²) in [6, 6.07) is 8.55. The standard InChI is InChI=1S/C15H20ClNO3/c1-2-12-3-5-13(6-4-12)14-11-17(7-9-19-14)8-10-20-15(16)18/h3-6,14H,2,7-11H2,1H3. The summed E-state index contributed by atoms with van der Waals surface area (Å²) in [5, 5.41) is 0. The van der Waals surface area contributed by atoms with Crippen LogP contribution in [-0.2, 0) is 15.9 Å². The summed E-state index contributed by atoms with van der Waals surface area (Å²) in [7, 11) is 0. The summed E-state index contributed by atoms with van der Waals surface area (Å²) in [5.74, 6) is 0. The van der Waals surface area contributed by atoms with Crippen molar-refractivity contribution < 1.29 is 14.3 Å². The maximum Gasteiger partial charge on any atom is 0.403 e. The molecule has 4 nitrogen and oxygen atoms in total. The van der Waals surface area contributed by atoms with E-state index in [1.54, 1.807) is 0 Å². The van der Waals surface area contributed by atoms with Crippen LogP contribution in [0.3, 0.4) is 0 Å². The second-order valence-corrected chi connectivity index (χ2v) is 5.15. The molecule has 1 aromatic rings. The Kier molecular flexibility index (Phi) is 5.83. The molecule has 0 spiro atoms. The highest BCUT2D eigenvalue weighted by molar-refractivity contribution is 6.61. The Morgan fingerprint density at radius 1 is 1.45 bits per heavy atom. The number of nitrogens with zero attached hydrogens (tertiary/aromatic N) is 1. The molecule has 1 fully saturated rings. The van der Waals surface area contributed by atoms with Crippen molar-refractivity contribution in [2.75, 3.05) is 32.8 Å². The Balaban J connectivity index is 1.87. The highest BCUT2D eigenvalue weighted by atomic mass is 35.5. The van der Waals surface area contributed by atoms with E-state index in [-0.39, 0.29) is 6.10 Å². The molecule has 1 heterocycles. The lowest BCUT2D eigenvalue weighted by atomic mass is 10.0. The predicted molar refractivity (Wildman–Crippen MR) is 78.2 cm³/mol. The molecule has 1 aliphatic rings. The van der Waals surface area contributed by atoms with Crippen LogP contribution >= 0.6 is 11.6 Å². The Bertz CT molecular complexity index is 435. The second-order valence-electron chi connectivity index (χ2n) is 4.84. The first kappa shape index (κ1) is 15.3. The molecule has 5 heteroatoms. The maximum absolute atomic E-state index is 10.5. The summed E-state index contributed by atoms with van der Waals surface area (Å²) >= 11 is 5.14. The van der Waals surface area contributed by atoms with E-state index in [0.717, 1.165) is 19.5 Å². The van der Waals surface area contributed by atoms with Crippen molar-refractivity contribution >= 4 is 17.0 Å². The molecule has 0 N–H and O–H groups in total. The minimum Gasteiger partial charge on any atom is -0.452 e. The molecule has 2 rings (SSSR count). The molecule has 1 aliphatic heterocycles. The average Bonchev–Trinajstić information content (AvgIpc) is 2.47. The second kappa shape index (κ2) is 7.62. The summed E-state index contributed by atoms with van der Waals surface area (Å²) < 4.78 is 10.6. The third-order valence-electron chi connectivity index (χ3n) is 3.53. The number of hydrogen-bond acceptors (Lipinski definition) is 4. The van der Waals surface area contributed by atoms with Crippen LogP contribution in [0.1, 0.15) is 24.2 Å². The molecule has 1 unspecified atom stereocenters. The summed E-state index contributed by atoms with van der Waals surface area (Å²) in [6.07, 6.45) is 1.13. The van der Waals surface area contributed by atoms with Crippen LogP contribution in [0.5, 0.6) is 0 Å². The molecule has 0 radical (unpaired) electrons. The zero-order valence-corrected chi connectivity index (χ0v) is 12.4. The van der Waals surface area contributed by atoms with Crippen LogP contribution in [0, 0.1) is 0 Å². The van der Waals surface area contributed by atoms with Gasteiger partial charge in [0.25, 0.3) is 0 Å². The van der Waals surface area contributed by atoms with Crippen molar-refractivity contribution in [3.05, 3.63) is 35.4 Å². The third kappa shape index (κ3) is 4.47. The minimum atomic E-state index is -0.745. The Morgan fingerprint density at radius 2 is 2.20 bits per heavy atom. The molecule has 0 aromatic heterocycles. The molecular formula is C15H20ClNO3. The zero-order valence-electron chi connectivity index (χ0n) is 11.7. The molecular weight excluding hydrogens is 278 g/mol. The molecule has 1 atom stereocenters. The van der Waals surface area contributed by atoms with Gasteiger partial charge < -0.3 is 9.47 Å². The van der Waals surface area contributed by atoms with Crippen molar-refractivity contribution in [1.82, 2.24) is 4.90 Å². The SMILES string of the molecule is CCc1ccc(C2CN(CCOC(=O)Cl)CCO2)cc1. The number of aryl methyl sites for hydroxylation is 1. The van der Waals surface area contributed by atoms with Gasteiger partial charge in [-0.3, -0.25) is 4.90 Å². The summed E-state index contributed by atoms with van der Waals surface area (Å²) in [6.45, 7) is 5.50. The van der Waals surface area contributed by atoms with E-state index in [0.29, 0.717) is 19.8 Å². The topological polar surface area (TPSA) is 38.8 Å². The molecule has 0 aliphatic carbocycles. The van der Waals surface area contributed by atoms with Gasteiger partial charge in [0.15, 0.2) is 0 Å². The quantitative estimate of drug-likeness (QED) is 0.783. The van der Waals surface area contributed by atoms with Crippen LogP contribution in [0.4, 0.5) is 4.79 Å². The smallest absolute Gasteiger partial charge is 0.403 e. The third-order valence-corrected chi connectivity index (χ3v) is 3.64. The number of hydrogen-bond donors (Lipinski definition) is 0. The number of rotatable bonds is 5. The predicted octanol–water partition coefficient (Wildman–Crippen LogP) is 3.00. The number of benzene rings is 1. The van der Waals surface area contributed by atoms with Gasteiger partial charge in [-0.05, 0) is 17.5 Å². The van der Waals surface area contributed by atoms with Gasteiger partial charge >= 0.3 is 5.43 Å². The monoisotopic (exact) mass is 297 g/mol. The molecule has 1 aromatic carbocycles. The minimum absolute atomic E-state index is 0.0846. The van der Waals surface area contributed by atoms with Gasteiger partial charge in [-0.1, -0.05) is 31.2 Å². The van der Waals surface area contributed by atoms with Gasteiger partial charge in [-0.2, -0.15) is 0 Å². The van der Waals surface area contributed by atoms with Crippen LogP contribution in [0.25, 0.3) is 0 Å². The largest absolute Gasteiger partial charge is 0.452 e. The van der Waals surface area contributed by atoms with Crippen molar-refractivity contribution in [3.8, 4) is 0 Å². The first-order valence-electron chi connectivity index (χ1n) is 6.94. The number of halogens is 1. The molecule has 0 bridgehead atoms. The first-order chi connectivity index (χ1) is 9.69. The normalized spacial score (nSPS) is 19.8. The molecule has 110 valence electrons. The molecule has 1 saturated heterocycles. The van der Waals surface area contributed by atoms with Gasteiger partial charge in [-0.15, -0.1) is 0 Å². The summed E-state index contributed by atoms with van der Waals surface area (Å²) in [5.41, 5.74) is 1.78. The number of carbonyl (C=O) groups is 1. The van der Waals surface area contributed by atoms with Crippen LogP contribution in [-0.4, -0.2) is 43.2 Å². The molecule has 0 amide bonds. The molecule has 0 saturated carbocycles. The maximum atomic E-state index is 10.5.